The summed E-state index contributed by atoms with van der Waals surface area (Å²) in [5, 5.41) is 0. The highest BCUT2D eigenvalue weighted by Gasteiger charge is 2.13. The molecular formula is C13H23N3. The Balaban J connectivity index is 2.90. The topological polar surface area (TPSA) is 42.1 Å². The van der Waals surface area contributed by atoms with Crippen LogP contribution in [-0.4, -0.2) is 18.1 Å². The summed E-state index contributed by atoms with van der Waals surface area (Å²) < 4.78 is 0. The van der Waals surface area contributed by atoms with Gasteiger partial charge in [-0.25, -0.2) is 4.98 Å². The molecule has 1 unspecified atom stereocenters. The molecule has 0 aliphatic rings. The first-order valence-corrected chi connectivity index (χ1v) is 6.04. The number of aromatic nitrogens is 1. The highest BCUT2D eigenvalue weighted by atomic mass is 15.2. The average molecular weight is 221 g/mol. The Hall–Kier alpha value is -1.09. The van der Waals surface area contributed by atoms with Crippen LogP contribution in [0, 0.1) is 0 Å². The van der Waals surface area contributed by atoms with Crippen molar-refractivity contribution >= 4 is 5.82 Å². The zero-order valence-corrected chi connectivity index (χ0v) is 10.8. The van der Waals surface area contributed by atoms with Crippen molar-refractivity contribution in [1.29, 1.82) is 0 Å². The maximum Gasteiger partial charge on any atom is 0.128 e. The van der Waals surface area contributed by atoms with Crippen LogP contribution in [0.3, 0.4) is 0 Å². The van der Waals surface area contributed by atoms with Crippen molar-refractivity contribution in [2.45, 2.75) is 45.7 Å². The van der Waals surface area contributed by atoms with Gasteiger partial charge < -0.3 is 10.6 Å². The smallest absolute Gasteiger partial charge is 0.128 e. The molecule has 90 valence electrons. The molecule has 16 heavy (non-hydrogen) atoms. The lowest BCUT2D eigenvalue weighted by molar-refractivity contribution is 0.586. The molecule has 0 bridgehead atoms. The van der Waals surface area contributed by atoms with Gasteiger partial charge in [-0.1, -0.05) is 13.8 Å². The molecule has 0 amide bonds. The van der Waals surface area contributed by atoms with E-state index in [0.717, 1.165) is 24.2 Å². The van der Waals surface area contributed by atoms with E-state index >= 15 is 0 Å². The second kappa shape index (κ2) is 5.85. The highest BCUT2D eigenvalue weighted by molar-refractivity contribution is 5.41. The van der Waals surface area contributed by atoms with Crippen LogP contribution in [0.2, 0.25) is 0 Å². The molecule has 1 rings (SSSR count). The minimum Gasteiger partial charge on any atom is -0.357 e. The first kappa shape index (κ1) is 13.0. The Morgan fingerprint density at radius 2 is 2.00 bits per heavy atom. The zero-order chi connectivity index (χ0) is 12.1. The molecule has 0 spiro atoms. The number of nitrogens with two attached hydrogens (primary N) is 1. The summed E-state index contributed by atoms with van der Waals surface area (Å²) in [5.41, 5.74) is 7.02. The van der Waals surface area contributed by atoms with Gasteiger partial charge in [0.2, 0.25) is 0 Å². The van der Waals surface area contributed by atoms with E-state index in [1.807, 2.05) is 19.2 Å². The molecule has 0 aliphatic carbocycles. The van der Waals surface area contributed by atoms with Crippen molar-refractivity contribution in [1.82, 2.24) is 4.98 Å². The molecule has 0 aromatic carbocycles. The summed E-state index contributed by atoms with van der Waals surface area (Å²) in [7, 11) is 2.10. The van der Waals surface area contributed by atoms with Crippen molar-refractivity contribution in [2.75, 3.05) is 11.9 Å². The van der Waals surface area contributed by atoms with E-state index in [1.54, 1.807) is 0 Å². The van der Waals surface area contributed by atoms with Gasteiger partial charge in [0.05, 0.1) is 0 Å². The van der Waals surface area contributed by atoms with Crippen LogP contribution in [0.25, 0.3) is 0 Å². The first-order valence-electron chi connectivity index (χ1n) is 6.04. The minimum atomic E-state index is 0.0665. The van der Waals surface area contributed by atoms with Crippen molar-refractivity contribution in [3.8, 4) is 0 Å². The Labute approximate surface area is 98.7 Å². The van der Waals surface area contributed by atoms with Gasteiger partial charge in [0, 0.05) is 25.3 Å². The third kappa shape index (κ3) is 2.95. The third-order valence-electron chi connectivity index (χ3n) is 3.15. The fraction of sp³-hybridized carbons (Fsp3) is 0.615. The fourth-order valence-corrected chi connectivity index (χ4v) is 1.93. The van der Waals surface area contributed by atoms with Gasteiger partial charge in [0.25, 0.3) is 0 Å². The van der Waals surface area contributed by atoms with Crippen LogP contribution in [0.1, 0.15) is 45.2 Å². The summed E-state index contributed by atoms with van der Waals surface area (Å²) in [5.74, 6) is 1.02. The number of nitrogens with zero attached hydrogens (tertiary/aromatic N) is 2. The molecule has 1 heterocycles. The van der Waals surface area contributed by atoms with E-state index in [2.05, 4.69) is 36.8 Å². The number of rotatable bonds is 5. The molecular weight excluding hydrogens is 198 g/mol. The van der Waals surface area contributed by atoms with Gasteiger partial charge in [-0.3, -0.25) is 0 Å². The quantitative estimate of drug-likeness (QED) is 0.831. The number of pyridine rings is 1. The van der Waals surface area contributed by atoms with Crippen molar-refractivity contribution in [3.05, 3.63) is 23.9 Å². The molecule has 1 aromatic heterocycles. The summed E-state index contributed by atoms with van der Waals surface area (Å²) in [6.45, 7) is 6.41. The SMILES string of the molecule is CCC(CC)N(C)c1cc(C(C)N)ccn1. The number of hydrogen-bond donors (Lipinski definition) is 1. The summed E-state index contributed by atoms with van der Waals surface area (Å²) in [4.78, 5) is 6.65. The Bertz CT molecular complexity index is 319. The molecule has 3 heteroatoms. The molecule has 1 aromatic rings. The van der Waals surface area contributed by atoms with Gasteiger partial charge in [-0.05, 0) is 37.5 Å². The van der Waals surface area contributed by atoms with Crippen LogP contribution in [0.5, 0.6) is 0 Å². The van der Waals surface area contributed by atoms with Gasteiger partial charge in [-0.2, -0.15) is 0 Å². The Kier molecular flexibility index (Phi) is 4.74. The van der Waals surface area contributed by atoms with Gasteiger partial charge in [0.15, 0.2) is 0 Å². The first-order chi connectivity index (χ1) is 7.60. The lowest BCUT2D eigenvalue weighted by Gasteiger charge is -2.27. The monoisotopic (exact) mass is 221 g/mol. The van der Waals surface area contributed by atoms with E-state index in [1.165, 1.54) is 0 Å². The second-order valence-corrected chi connectivity index (χ2v) is 4.32. The predicted molar refractivity (Wildman–Crippen MR) is 69.6 cm³/mol. The highest BCUT2D eigenvalue weighted by Crippen LogP contribution is 2.19. The molecule has 0 aliphatic heterocycles. The van der Waals surface area contributed by atoms with E-state index in [-0.39, 0.29) is 6.04 Å². The van der Waals surface area contributed by atoms with E-state index in [4.69, 9.17) is 5.73 Å². The standard InChI is InChI=1S/C13H23N3/c1-5-12(6-2)16(4)13-9-11(10(3)14)7-8-15-13/h7-10,12H,5-6,14H2,1-4H3. The van der Waals surface area contributed by atoms with Crippen LogP contribution < -0.4 is 10.6 Å². The third-order valence-corrected chi connectivity index (χ3v) is 3.15. The number of hydrogen-bond acceptors (Lipinski definition) is 3. The van der Waals surface area contributed by atoms with Gasteiger partial charge in [-0.15, -0.1) is 0 Å². The Morgan fingerprint density at radius 3 is 2.50 bits per heavy atom. The molecule has 0 saturated heterocycles. The normalized spacial score (nSPS) is 12.9. The van der Waals surface area contributed by atoms with Gasteiger partial charge >= 0.3 is 0 Å². The lowest BCUT2D eigenvalue weighted by atomic mass is 10.1. The van der Waals surface area contributed by atoms with Crippen LogP contribution >= 0.6 is 0 Å². The molecule has 0 fully saturated rings. The summed E-state index contributed by atoms with van der Waals surface area (Å²) in [6.07, 6.45) is 4.11. The maximum atomic E-state index is 5.88. The molecule has 3 nitrogen and oxygen atoms in total. The van der Waals surface area contributed by atoms with Crippen LogP contribution in [0.15, 0.2) is 18.3 Å². The summed E-state index contributed by atoms with van der Waals surface area (Å²) in [6, 6.07) is 4.69. The second-order valence-electron chi connectivity index (χ2n) is 4.32. The van der Waals surface area contributed by atoms with E-state index in [9.17, 15) is 0 Å². The van der Waals surface area contributed by atoms with Crippen LogP contribution in [-0.2, 0) is 0 Å². The minimum absolute atomic E-state index is 0.0665. The van der Waals surface area contributed by atoms with E-state index < -0.39 is 0 Å². The predicted octanol–water partition coefficient (Wildman–Crippen LogP) is 2.73. The molecule has 1 atom stereocenters. The van der Waals surface area contributed by atoms with Crippen molar-refractivity contribution in [2.24, 2.45) is 5.73 Å². The average Bonchev–Trinajstić information content (AvgIpc) is 2.30. The zero-order valence-electron chi connectivity index (χ0n) is 10.8. The van der Waals surface area contributed by atoms with E-state index in [0.29, 0.717) is 6.04 Å². The fourth-order valence-electron chi connectivity index (χ4n) is 1.93. The Morgan fingerprint density at radius 1 is 1.38 bits per heavy atom. The maximum absolute atomic E-state index is 5.88. The van der Waals surface area contributed by atoms with Crippen molar-refractivity contribution in [3.63, 3.8) is 0 Å². The van der Waals surface area contributed by atoms with Crippen molar-refractivity contribution < 1.29 is 0 Å². The number of anilines is 1. The molecule has 0 radical (unpaired) electrons. The van der Waals surface area contributed by atoms with Crippen LogP contribution in [0.4, 0.5) is 5.82 Å². The van der Waals surface area contributed by atoms with Gasteiger partial charge in [0.1, 0.15) is 5.82 Å². The summed E-state index contributed by atoms with van der Waals surface area (Å²) >= 11 is 0. The largest absolute Gasteiger partial charge is 0.357 e. The lowest BCUT2D eigenvalue weighted by Crippen LogP contribution is -2.31. The molecule has 2 N–H and O–H groups in total. The molecule has 0 saturated carbocycles.